The molecule has 1 aromatic carbocycles. The van der Waals surface area contributed by atoms with Crippen molar-refractivity contribution in [3.05, 3.63) is 52.1 Å². The normalized spacial score (nSPS) is 18.5. The van der Waals surface area contributed by atoms with Crippen molar-refractivity contribution in [2.24, 2.45) is 7.05 Å². The van der Waals surface area contributed by atoms with E-state index in [1.165, 1.54) is 6.07 Å². The Labute approximate surface area is 181 Å². The lowest BCUT2D eigenvalue weighted by molar-refractivity contribution is -0.117. The molecule has 1 aliphatic rings. The van der Waals surface area contributed by atoms with Crippen LogP contribution < -0.4 is 16.0 Å². The van der Waals surface area contributed by atoms with Crippen molar-refractivity contribution < 1.29 is 18.8 Å². The number of aryl methyl sites for hydroxylation is 1. The topological polar surface area (TPSA) is 92.2 Å². The smallest absolute Gasteiger partial charge is 0.294 e. The standard InChI is InChI=1S/C23H29FN4O3/c1-12-6-7-16(11-18(12)24)26-22(30)19-14(3)20(28(5)15(19)4)21(29)23(31)27-17-8-9-25-13(2)10-17/h6-7,11,13,17,25H,8-10H2,1-5H3,(H,26,30)(H,27,31)/t13-,17?/m1/s1. The molecule has 2 aromatic rings. The molecular weight excluding hydrogens is 399 g/mol. The van der Waals surface area contributed by atoms with Gasteiger partial charge in [0.15, 0.2) is 0 Å². The molecule has 1 aromatic heterocycles. The van der Waals surface area contributed by atoms with E-state index in [-0.39, 0.29) is 17.8 Å². The molecule has 1 saturated heterocycles. The molecule has 1 fully saturated rings. The minimum absolute atomic E-state index is 0.0615. The zero-order chi connectivity index (χ0) is 22.9. The maximum Gasteiger partial charge on any atom is 0.294 e. The number of anilines is 1. The molecule has 166 valence electrons. The molecule has 0 radical (unpaired) electrons. The first kappa shape index (κ1) is 22.7. The van der Waals surface area contributed by atoms with Gasteiger partial charge in [0.2, 0.25) is 0 Å². The van der Waals surface area contributed by atoms with Gasteiger partial charge in [-0.3, -0.25) is 14.4 Å². The summed E-state index contributed by atoms with van der Waals surface area (Å²) < 4.78 is 15.4. The summed E-state index contributed by atoms with van der Waals surface area (Å²) in [4.78, 5) is 38.5. The molecule has 2 atom stereocenters. The highest BCUT2D eigenvalue weighted by Crippen LogP contribution is 2.24. The van der Waals surface area contributed by atoms with Crippen LogP contribution >= 0.6 is 0 Å². The zero-order valence-corrected chi connectivity index (χ0v) is 18.6. The highest BCUT2D eigenvalue weighted by molar-refractivity contribution is 6.43. The van der Waals surface area contributed by atoms with E-state index >= 15 is 0 Å². The molecular formula is C23H29FN4O3. The van der Waals surface area contributed by atoms with Gasteiger partial charge < -0.3 is 20.5 Å². The fourth-order valence-corrected chi connectivity index (χ4v) is 4.12. The van der Waals surface area contributed by atoms with Crippen LogP contribution in [0.1, 0.15) is 57.4 Å². The van der Waals surface area contributed by atoms with Gasteiger partial charge in [-0.05, 0) is 70.3 Å². The predicted molar refractivity (Wildman–Crippen MR) is 117 cm³/mol. The average Bonchev–Trinajstić information content (AvgIpc) is 2.92. The third kappa shape index (κ3) is 4.69. The van der Waals surface area contributed by atoms with Crippen molar-refractivity contribution in [3.63, 3.8) is 0 Å². The largest absolute Gasteiger partial charge is 0.346 e. The van der Waals surface area contributed by atoms with Crippen LogP contribution in [0.4, 0.5) is 10.1 Å². The first-order valence-electron chi connectivity index (χ1n) is 10.4. The van der Waals surface area contributed by atoms with Crippen LogP contribution in [0.5, 0.6) is 0 Å². The molecule has 0 aliphatic carbocycles. The number of rotatable bonds is 5. The Morgan fingerprint density at radius 1 is 1.19 bits per heavy atom. The molecule has 3 N–H and O–H groups in total. The Morgan fingerprint density at radius 2 is 1.90 bits per heavy atom. The Balaban J connectivity index is 1.81. The highest BCUT2D eigenvalue weighted by atomic mass is 19.1. The number of amides is 2. The van der Waals surface area contributed by atoms with Crippen LogP contribution in [0.25, 0.3) is 0 Å². The number of piperidine rings is 1. The number of halogens is 1. The average molecular weight is 429 g/mol. The summed E-state index contributed by atoms with van der Waals surface area (Å²) in [5.41, 5.74) is 2.25. The number of hydrogen-bond donors (Lipinski definition) is 3. The summed E-state index contributed by atoms with van der Waals surface area (Å²) in [5.74, 6) is -2.22. The number of hydrogen-bond acceptors (Lipinski definition) is 4. The Hall–Kier alpha value is -3.00. The van der Waals surface area contributed by atoms with Crippen molar-refractivity contribution in [2.45, 2.75) is 52.6 Å². The summed E-state index contributed by atoms with van der Waals surface area (Å²) in [6, 6.07) is 4.66. The second-order valence-corrected chi connectivity index (χ2v) is 8.29. The van der Waals surface area contributed by atoms with Gasteiger partial charge in [-0.2, -0.15) is 0 Å². The van der Waals surface area contributed by atoms with E-state index in [9.17, 15) is 18.8 Å². The summed E-state index contributed by atoms with van der Waals surface area (Å²) in [6.45, 7) is 7.81. The summed E-state index contributed by atoms with van der Waals surface area (Å²) in [5, 5.41) is 8.81. The van der Waals surface area contributed by atoms with Gasteiger partial charge in [0.05, 0.1) is 11.3 Å². The van der Waals surface area contributed by atoms with Gasteiger partial charge in [0, 0.05) is 30.5 Å². The molecule has 7 nitrogen and oxygen atoms in total. The third-order valence-corrected chi connectivity index (χ3v) is 5.97. The maximum absolute atomic E-state index is 13.8. The Morgan fingerprint density at radius 3 is 2.55 bits per heavy atom. The minimum Gasteiger partial charge on any atom is -0.346 e. The number of nitrogens with one attached hydrogen (secondary N) is 3. The lowest BCUT2D eigenvalue weighted by Gasteiger charge is -2.28. The van der Waals surface area contributed by atoms with Crippen molar-refractivity contribution in [3.8, 4) is 0 Å². The summed E-state index contributed by atoms with van der Waals surface area (Å²) in [6.07, 6.45) is 1.51. The zero-order valence-electron chi connectivity index (χ0n) is 18.6. The molecule has 2 amide bonds. The molecule has 2 heterocycles. The lowest BCUT2D eigenvalue weighted by Crippen LogP contribution is -2.48. The predicted octanol–water partition coefficient (Wildman–Crippen LogP) is 2.78. The van der Waals surface area contributed by atoms with Crippen LogP contribution in [-0.4, -0.2) is 40.8 Å². The van der Waals surface area contributed by atoms with E-state index in [1.54, 1.807) is 44.5 Å². The molecule has 8 heteroatoms. The first-order valence-corrected chi connectivity index (χ1v) is 10.4. The van der Waals surface area contributed by atoms with E-state index in [0.717, 1.165) is 19.4 Å². The van der Waals surface area contributed by atoms with Crippen LogP contribution in [0, 0.1) is 26.6 Å². The molecule has 0 saturated carbocycles. The monoisotopic (exact) mass is 428 g/mol. The minimum atomic E-state index is -0.672. The number of benzene rings is 1. The van der Waals surface area contributed by atoms with Gasteiger partial charge in [-0.1, -0.05) is 6.07 Å². The van der Waals surface area contributed by atoms with Crippen LogP contribution in [0.2, 0.25) is 0 Å². The quantitative estimate of drug-likeness (QED) is 0.504. The first-order chi connectivity index (χ1) is 14.6. The van der Waals surface area contributed by atoms with Gasteiger partial charge in [-0.25, -0.2) is 4.39 Å². The fraction of sp³-hybridized carbons (Fsp3) is 0.435. The van der Waals surface area contributed by atoms with Crippen LogP contribution in [-0.2, 0) is 11.8 Å². The van der Waals surface area contributed by atoms with Crippen molar-refractivity contribution in [1.29, 1.82) is 0 Å². The van der Waals surface area contributed by atoms with Gasteiger partial charge in [0.1, 0.15) is 5.82 Å². The van der Waals surface area contributed by atoms with E-state index in [4.69, 9.17) is 0 Å². The summed E-state index contributed by atoms with van der Waals surface area (Å²) >= 11 is 0. The van der Waals surface area contributed by atoms with Crippen LogP contribution in [0.3, 0.4) is 0 Å². The van der Waals surface area contributed by atoms with Gasteiger partial charge in [0.25, 0.3) is 17.6 Å². The molecule has 0 bridgehead atoms. The Kier molecular flexibility index (Phi) is 6.59. The van der Waals surface area contributed by atoms with Crippen LogP contribution in [0.15, 0.2) is 18.2 Å². The Bertz CT molecular complexity index is 1040. The second-order valence-electron chi connectivity index (χ2n) is 8.29. The molecule has 1 unspecified atom stereocenters. The van der Waals surface area contributed by atoms with E-state index < -0.39 is 23.4 Å². The number of carbonyl (C=O) groups excluding carboxylic acids is 3. The second kappa shape index (κ2) is 9.01. The van der Waals surface area contributed by atoms with E-state index in [1.807, 2.05) is 6.92 Å². The van der Waals surface area contributed by atoms with Crippen molar-refractivity contribution in [2.75, 3.05) is 11.9 Å². The number of nitrogens with zero attached hydrogens (tertiary/aromatic N) is 1. The molecule has 0 spiro atoms. The molecule has 3 rings (SSSR count). The SMILES string of the molecule is Cc1ccc(NC(=O)c2c(C)c(C(=O)C(=O)NC3CCN[C@H](C)C3)n(C)c2C)cc1F. The lowest BCUT2D eigenvalue weighted by atomic mass is 10.00. The third-order valence-electron chi connectivity index (χ3n) is 5.97. The number of ketones is 1. The molecule has 31 heavy (non-hydrogen) atoms. The summed E-state index contributed by atoms with van der Waals surface area (Å²) in [7, 11) is 1.65. The van der Waals surface area contributed by atoms with Crippen molar-refractivity contribution >= 4 is 23.3 Å². The van der Waals surface area contributed by atoms with E-state index in [2.05, 4.69) is 16.0 Å². The number of carbonyl (C=O) groups is 3. The van der Waals surface area contributed by atoms with Crippen molar-refractivity contribution in [1.82, 2.24) is 15.2 Å². The number of aromatic nitrogens is 1. The molecule has 1 aliphatic heterocycles. The maximum atomic E-state index is 13.8. The van der Waals surface area contributed by atoms with Gasteiger partial charge >= 0.3 is 0 Å². The van der Waals surface area contributed by atoms with E-state index in [0.29, 0.717) is 28.1 Å². The highest BCUT2D eigenvalue weighted by Gasteiger charge is 2.30. The number of Topliss-reactive ketones (excluding diaryl/α,β-unsaturated/α-hetero) is 1. The fourth-order valence-electron chi connectivity index (χ4n) is 4.12. The van der Waals surface area contributed by atoms with Gasteiger partial charge in [-0.15, -0.1) is 0 Å².